The van der Waals surface area contributed by atoms with Gasteiger partial charge in [0, 0.05) is 11.5 Å². The second-order valence-electron chi connectivity index (χ2n) is 5.90. The van der Waals surface area contributed by atoms with Gasteiger partial charge in [-0.3, -0.25) is 9.69 Å². The molecule has 0 amide bonds. The minimum atomic E-state index is -0.736. The highest BCUT2D eigenvalue weighted by atomic mass is 16.5. The third-order valence-electron chi connectivity index (χ3n) is 4.75. The van der Waals surface area contributed by atoms with E-state index in [0.29, 0.717) is 6.61 Å². The molecule has 1 N–H and O–H groups in total. The number of ether oxygens (including phenoxy) is 1. The molecular weight excluding hydrogens is 254 g/mol. The maximum absolute atomic E-state index is 11.5. The first kappa shape index (κ1) is 13.4. The highest BCUT2D eigenvalue weighted by Crippen LogP contribution is 2.48. The average Bonchev–Trinajstić information content (AvgIpc) is 2.96. The van der Waals surface area contributed by atoms with Crippen molar-refractivity contribution < 1.29 is 14.6 Å². The average molecular weight is 275 g/mol. The number of hydrogen-bond acceptors (Lipinski definition) is 3. The molecule has 0 aromatic heterocycles. The molecular formula is C16H21NO3. The van der Waals surface area contributed by atoms with Crippen molar-refractivity contribution in [1.82, 2.24) is 4.90 Å². The molecule has 0 aliphatic carbocycles. The fourth-order valence-corrected chi connectivity index (χ4v) is 3.78. The van der Waals surface area contributed by atoms with Crippen LogP contribution >= 0.6 is 0 Å². The van der Waals surface area contributed by atoms with Gasteiger partial charge in [0.05, 0.1) is 18.6 Å². The van der Waals surface area contributed by atoms with Crippen LogP contribution in [0.25, 0.3) is 0 Å². The summed E-state index contributed by atoms with van der Waals surface area (Å²) in [5, 5.41) is 9.47. The lowest BCUT2D eigenvalue weighted by molar-refractivity contribution is -0.143. The molecule has 1 aromatic rings. The molecule has 4 heteroatoms. The summed E-state index contributed by atoms with van der Waals surface area (Å²) in [5.74, 6) is 0.283. The van der Waals surface area contributed by atoms with Crippen molar-refractivity contribution in [3.63, 3.8) is 0 Å². The van der Waals surface area contributed by atoms with Crippen LogP contribution in [0.15, 0.2) is 24.3 Å². The van der Waals surface area contributed by atoms with E-state index in [4.69, 9.17) is 4.74 Å². The summed E-state index contributed by atoms with van der Waals surface area (Å²) in [5.41, 5.74) is 0.625. The Hall–Kier alpha value is -1.55. The van der Waals surface area contributed by atoms with Crippen LogP contribution < -0.4 is 4.74 Å². The molecule has 2 unspecified atom stereocenters. The lowest BCUT2D eigenvalue weighted by atomic mass is 9.73. The van der Waals surface area contributed by atoms with Gasteiger partial charge in [-0.1, -0.05) is 25.1 Å². The van der Waals surface area contributed by atoms with Crippen LogP contribution in [0.4, 0.5) is 0 Å². The van der Waals surface area contributed by atoms with E-state index in [-0.39, 0.29) is 12.3 Å². The van der Waals surface area contributed by atoms with E-state index in [0.717, 1.165) is 37.2 Å². The molecule has 2 atom stereocenters. The van der Waals surface area contributed by atoms with E-state index in [9.17, 15) is 9.90 Å². The summed E-state index contributed by atoms with van der Waals surface area (Å²) in [6.07, 6.45) is 2.45. The minimum Gasteiger partial charge on any atom is -0.493 e. The van der Waals surface area contributed by atoms with Gasteiger partial charge in [0.25, 0.3) is 0 Å². The predicted octanol–water partition coefficient (Wildman–Crippen LogP) is 2.48. The van der Waals surface area contributed by atoms with Gasteiger partial charge >= 0.3 is 5.97 Å². The van der Waals surface area contributed by atoms with Crippen LogP contribution in [0.5, 0.6) is 5.75 Å². The molecule has 1 aromatic carbocycles. The summed E-state index contributed by atoms with van der Waals surface area (Å²) >= 11 is 0. The van der Waals surface area contributed by atoms with Crippen LogP contribution in [-0.2, 0) is 10.3 Å². The molecule has 4 nitrogen and oxygen atoms in total. The van der Waals surface area contributed by atoms with Crippen molar-refractivity contribution in [1.29, 1.82) is 0 Å². The van der Waals surface area contributed by atoms with Gasteiger partial charge < -0.3 is 9.84 Å². The molecule has 2 aliphatic heterocycles. The quantitative estimate of drug-likeness (QED) is 0.920. The first-order valence-corrected chi connectivity index (χ1v) is 7.34. The first-order chi connectivity index (χ1) is 9.64. The minimum absolute atomic E-state index is 0.147. The number of fused-ring (bicyclic) bond motifs is 1. The SMILES string of the molecule is CC1COc2ccccc2C1(CC(=O)O)N1CCCC1. The number of nitrogens with zero attached hydrogens (tertiary/aromatic N) is 1. The lowest BCUT2D eigenvalue weighted by Gasteiger charge is -2.49. The van der Waals surface area contributed by atoms with Gasteiger partial charge in [0.15, 0.2) is 0 Å². The summed E-state index contributed by atoms with van der Waals surface area (Å²) in [6.45, 7) is 4.65. The Labute approximate surface area is 119 Å². The van der Waals surface area contributed by atoms with Crippen LogP contribution in [0.2, 0.25) is 0 Å². The van der Waals surface area contributed by atoms with Crippen LogP contribution in [0.3, 0.4) is 0 Å². The molecule has 20 heavy (non-hydrogen) atoms. The van der Waals surface area contributed by atoms with E-state index in [2.05, 4.69) is 11.8 Å². The van der Waals surface area contributed by atoms with Crippen molar-refractivity contribution in [3.05, 3.63) is 29.8 Å². The second-order valence-corrected chi connectivity index (χ2v) is 5.90. The van der Waals surface area contributed by atoms with E-state index in [1.807, 2.05) is 24.3 Å². The molecule has 0 bridgehead atoms. The topological polar surface area (TPSA) is 49.8 Å². The summed E-state index contributed by atoms with van der Waals surface area (Å²) in [6, 6.07) is 7.91. The zero-order valence-corrected chi connectivity index (χ0v) is 11.8. The summed E-state index contributed by atoms with van der Waals surface area (Å²) < 4.78 is 5.81. The Balaban J connectivity index is 2.13. The Bertz CT molecular complexity index is 510. The smallest absolute Gasteiger partial charge is 0.305 e. The zero-order chi connectivity index (χ0) is 14.2. The van der Waals surface area contributed by atoms with Crippen LogP contribution in [0.1, 0.15) is 31.7 Å². The number of carboxylic acids is 1. The summed E-state index contributed by atoms with van der Waals surface area (Å²) in [4.78, 5) is 13.9. The molecule has 108 valence electrons. The first-order valence-electron chi connectivity index (χ1n) is 7.34. The molecule has 0 saturated carbocycles. The number of hydrogen-bond donors (Lipinski definition) is 1. The Morgan fingerprint density at radius 1 is 1.40 bits per heavy atom. The van der Waals surface area contributed by atoms with Crippen LogP contribution in [-0.4, -0.2) is 35.7 Å². The second kappa shape index (κ2) is 5.09. The molecule has 3 rings (SSSR count). The van der Waals surface area contributed by atoms with Gasteiger partial charge in [-0.05, 0) is 32.0 Å². The van der Waals surface area contributed by atoms with E-state index < -0.39 is 11.5 Å². The number of likely N-dealkylation sites (tertiary alicyclic amines) is 1. The fourth-order valence-electron chi connectivity index (χ4n) is 3.78. The Morgan fingerprint density at radius 3 is 2.80 bits per heavy atom. The zero-order valence-electron chi connectivity index (χ0n) is 11.8. The van der Waals surface area contributed by atoms with E-state index in [1.54, 1.807) is 0 Å². The van der Waals surface area contributed by atoms with Crippen molar-refractivity contribution in [2.45, 2.75) is 31.7 Å². The van der Waals surface area contributed by atoms with Gasteiger partial charge in [-0.25, -0.2) is 0 Å². The number of rotatable bonds is 3. The van der Waals surface area contributed by atoms with E-state index >= 15 is 0 Å². The lowest BCUT2D eigenvalue weighted by Crippen LogP contribution is -2.54. The third kappa shape index (κ3) is 1.99. The largest absolute Gasteiger partial charge is 0.493 e. The fraction of sp³-hybridized carbons (Fsp3) is 0.562. The van der Waals surface area contributed by atoms with Gasteiger partial charge in [-0.15, -0.1) is 0 Å². The number of para-hydroxylation sites is 1. The number of carboxylic acid groups (broad SMARTS) is 1. The number of benzene rings is 1. The van der Waals surface area contributed by atoms with Crippen molar-refractivity contribution in [2.75, 3.05) is 19.7 Å². The van der Waals surface area contributed by atoms with Gasteiger partial charge in [0.1, 0.15) is 5.75 Å². The highest BCUT2D eigenvalue weighted by molar-refractivity contribution is 5.69. The Kier molecular flexibility index (Phi) is 3.42. The molecule has 1 fully saturated rings. The van der Waals surface area contributed by atoms with Gasteiger partial charge in [-0.2, -0.15) is 0 Å². The van der Waals surface area contributed by atoms with Crippen LogP contribution in [0, 0.1) is 5.92 Å². The number of aliphatic carboxylic acids is 1. The molecule has 2 aliphatic rings. The maximum Gasteiger partial charge on any atom is 0.305 e. The third-order valence-corrected chi connectivity index (χ3v) is 4.75. The standard InChI is InChI=1S/C16H21NO3/c1-12-11-20-14-7-3-2-6-13(14)16(12,10-15(18)19)17-8-4-5-9-17/h2-3,6-7,12H,4-5,8-11H2,1H3,(H,18,19). The van der Waals surface area contributed by atoms with Crippen molar-refractivity contribution in [3.8, 4) is 5.75 Å². The summed E-state index contributed by atoms with van der Waals surface area (Å²) in [7, 11) is 0. The monoisotopic (exact) mass is 275 g/mol. The Morgan fingerprint density at radius 2 is 2.10 bits per heavy atom. The molecule has 0 radical (unpaired) electrons. The molecule has 1 saturated heterocycles. The number of carbonyl (C=O) groups is 1. The molecule has 2 heterocycles. The molecule has 0 spiro atoms. The van der Waals surface area contributed by atoms with Crippen molar-refractivity contribution >= 4 is 5.97 Å². The van der Waals surface area contributed by atoms with Crippen molar-refractivity contribution in [2.24, 2.45) is 5.92 Å². The maximum atomic E-state index is 11.5. The highest BCUT2D eigenvalue weighted by Gasteiger charge is 2.49. The predicted molar refractivity (Wildman–Crippen MR) is 75.8 cm³/mol. The van der Waals surface area contributed by atoms with Gasteiger partial charge in [0.2, 0.25) is 0 Å². The van der Waals surface area contributed by atoms with E-state index in [1.165, 1.54) is 0 Å². The normalized spacial score (nSPS) is 29.8.